The first-order valence-corrected chi connectivity index (χ1v) is 9.32. The van der Waals surface area contributed by atoms with Gasteiger partial charge in [0.2, 0.25) is 0 Å². The van der Waals surface area contributed by atoms with Crippen molar-refractivity contribution in [2.24, 2.45) is 0 Å². The first-order chi connectivity index (χ1) is 12.5. The first-order valence-electron chi connectivity index (χ1n) is 8.33. The van der Waals surface area contributed by atoms with E-state index in [2.05, 4.69) is 20.6 Å². The number of thioether (sulfide) groups is 1. The van der Waals surface area contributed by atoms with Gasteiger partial charge in [-0.15, -0.1) is 0 Å². The normalized spacial score (nSPS) is 17.0. The number of aromatic nitrogens is 2. The molecule has 1 aromatic heterocycles. The number of carbonyl (C=O) groups is 2. The van der Waals surface area contributed by atoms with E-state index in [-0.39, 0.29) is 12.6 Å². The third-order valence-electron chi connectivity index (χ3n) is 3.90. The number of hydrogen-bond acceptors (Lipinski definition) is 6. The maximum atomic E-state index is 12.3. The van der Waals surface area contributed by atoms with Crippen molar-refractivity contribution in [1.29, 1.82) is 0 Å². The molecular weight excluding hydrogens is 352 g/mol. The van der Waals surface area contributed by atoms with Crippen LogP contribution < -0.4 is 10.6 Å². The van der Waals surface area contributed by atoms with Gasteiger partial charge in [0.15, 0.2) is 0 Å². The fraction of sp³-hybridized carbons (Fsp3) is 0.333. The fourth-order valence-corrected chi connectivity index (χ4v) is 3.84. The van der Waals surface area contributed by atoms with Crippen LogP contribution in [-0.2, 0) is 9.53 Å². The van der Waals surface area contributed by atoms with Crippen molar-refractivity contribution < 1.29 is 14.3 Å². The number of hydrogen-bond donors (Lipinski definition) is 2. The Balaban J connectivity index is 1.92. The number of urea groups is 1. The summed E-state index contributed by atoms with van der Waals surface area (Å²) in [7, 11) is 0. The van der Waals surface area contributed by atoms with Crippen LogP contribution in [0, 0.1) is 6.92 Å². The van der Waals surface area contributed by atoms with E-state index in [1.165, 1.54) is 11.8 Å². The topological polar surface area (TPSA) is 93.2 Å². The lowest BCUT2D eigenvalue weighted by Crippen LogP contribution is -2.49. The number of para-hydroxylation sites is 1. The quantitative estimate of drug-likeness (QED) is 0.476. The molecule has 2 heterocycles. The Kier molecular flexibility index (Phi) is 5.41. The van der Waals surface area contributed by atoms with Gasteiger partial charge in [-0.25, -0.2) is 19.6 Å². The van der Waals surface area contributed by atoms with Crippen molar-refractivity contribution in [3.63, 3.8) is 0 Å². The van der Waals surface area contributed by atoms with Gasteiger partial charge < -0.3 is 15.4 Å². The highest BCUT2D eigenvalue weighted by Crippen LogP contribution is 2.28. The number of rotatable bonds is 5. The summed E-state index contributed by atoms with van der Waals surface area (Å²) in [6, 6.07) is 7.02. The zero-order chi connectivity index (χ0) is 18.7. The van der Waals surface area contributed by atoms with Crippen molar-refractivity contribution in [2.75, 3.05) is 12.4 Å². The maximum absolute atomic E-state index is 12.3. The minimum absolute atomic E-state index is 0.277. The standard InChI is InChI=1S/C18H20N4O3S/c1-4-25-17(23)15-10(2)19-18(24)22-14(15)9-26-16-12-7-5-6-8-13(12)20-11(3)21-16/h5-8,10H,4,9H2,1-3H3,(H2,19,22,24). The summed E-state index contributed by atoms with van der Waals surface area (Å²) in [6.07, 6.45) is 0. The maximum Gasteiger partial charge on any atom is 0.337 e. The average Bonchev–Trinajstić information content (AvgIpc) is 2.59. The summed E-state index contributed by atoms with van der Waals surface area (Å²) in [5.74, 6) is 0.646. The molecule has 8 heteroatoms. The molecular formula is C18H20N4O3S. The van der Waals surface area contributed by atoms with Crippen LogP contribution in [-0.4, -0.2) is 40.4 Å². The van der Waals surface area contributed by atoms with Crippen LogP contribution in [0.25, 0.3) is 10.9 Å². The summed E-state index contributed by atoms with van der Waals surface area (Å²) in [4.78, 5) is 33.1. The Labute approximate surface area is 155 Å². The lowest BCUT2D eigenvalue weighted by molar-refractivity contribution is -0.138. The number of carbonyl (C=O) groups excluding carboxylic acids is 2. The molecule has 1 aromatic carbocycles. The lowest BCUT2D eigenvalue weighted by atomic mass is 10.1. The number of aryl methyl sites for hydroxylation is 1. The predicted octanol–water partition coefficient (Wildman–Crippen LogP) is 2.55. The van der Waals surface area contributed by atoms with E-state index in [1.807, 2.05) is 31.2 Å². The third-order valence-corrected chi connectivity index (χ3v) is 4.92. The molecule has 3 rings (SSSR count). The summed E-state index contributed by atoms with van der Waals surface area (Å²) >= 11 is 1.45. The molecule has 0 aliphatic carbocycles. The number of esters is 1. The molecule has 1 aliphatic heterocycles. The minimum atomic E-state index is -0.424. The van der Waals surface area contributed by atoms with Crippen molar-refractivity contribution in [3.8, 4) is 0 Å². The molecule has 2 aromatic rings. The SMILES string of the molecule is CCOC(=O)C1=C(CSc2nc(C)nc3ccccc23)NC(=O)NC1C. The zero-order valence-corrected chi connectivity index (χ0v) is 15.6. The second kappa shape index (κ2) is 7.74. The molecule has 0 saturated heterocycles. The smallest absolute Gasteiger partial charge is 0.337 e. The van der Waals surface area contributed by atoms with Crippen molar-refractivity contribution in [1.82, 2.24) is 20.6 Å². The van der Waals surface area contributed by atoms with Crippen molar-refractivity contribution >= 4 is 34.7 Å². The summed E-state index contributed by atoms with van der Waals surface area (Å²) in [5, 5.41) is 7.17. The van der Waals surface area contributed by atoms with Gasteiger partial charge in [-0.2, -0.15) is 0 Å². The Morgan fingerprint density at radius 3 is 2.85 bits per heavy atom. The Morgan fingerprint density at radius 1 is 1.31 bits per heavy atom. The molecule has 2 amide bonds. The molecule has 2 N–H and O–H groups in total. The van der Waals surface area contributed by atoms with Crippen LogP contribution in [0.5, 0.6) is 0 Å². The van der Waals surface area contributed by atoms with Crippen LogP contribution in [0.1, 0.15) is 19.7 Å². The Hall–Kier alpha value is -2.61. The van der Waals surface area contributed by atoms with E-state index in [1.54, 1.807) is 13.8 Å². The highest BCUT2D eigenvalue weighted by atomic mass is 32.2. The van der Waals surface area contributed by atoms with E-state index >= 15 is 0 Å². The Morgan fingerprint density at radius 2 is 2.08 bits per heavy atom. The minimum Gasteiger partial charge on any atom is -0.463 e. The first kappa shape index (κ1) is 18.2. The van der Waals surface area contributed by atoms with Gasteiger partial charge in [-0.3, -0.25) is 0 Å². The fourth-order valence-electron chi connectivity index (χ4n) is 2.80. The number of benzene rings is 1. The zero-order valence-electron chi connectivity index (χ0n) is 14.8. The number of ether oxygens (including phenoxy) is 1. The van der Waals surface area contributed by atoms with Gasteiger partial charge in [-0.1, -0.05) is 30.0 Å². The van der Waals surface area contributed by atoms with Gasteiger partial charge in [0.25, 0.3) is 0 Å². The summed E-state index contributed by atoms with van der Waals surface area (Å²) < 4.78 is 5.14. The van der Waals surface area contributed by atoms with Crippen LogP contribution >= 0.6 is 11.8 Å². The van der Waals surface area contributed by atoms with Gasteiger partial charge in [0, 0.05) is 16.8 Å². The number of nitrogens with one attached hydrogen (secondary N) is 2. The van der Waals surface area contributed by atoms with Crippen molar-refractivity contribution in [3.05, 3.63) is 41.4 Å². The van der Waals surface area contributed by atoms with E-state index < -0.39 is 12.0 Å². The van der Waals surface area contributed by atoms with E-state index in [4.69, 9.17) is 4.74 Å². The number of fused-ring (bicyclic) bond motifs is 1. The second-order valence-electron chi connectivity index (χ2n) is 5.81. The Bertz CT molecular complexity index is 897. The van der Waals surface area contributed by atoms with E-state index in [0.29, 0.717) is 22.8 Å². The lowest BCUT2D eigenvalue weighted by Gasteiger charge is -2.26. The monoisotopic (exact) mass is 372 g/mol. The third kappa shape index (κ3) is 3.80. The van der Waals surface area contributed by atoms with Crippen molar-refractivity contribution in [2.45, 2.75) is 31.8 Å². The highest BCUT2D eigenvalue weighted by molar-refractivity contribution is 7.99. The summed E-state index contributed by atoms with van der Waals surface area (Å²) in [6.45, 7) is 5.63. The van der Waals surface area contributed by atoms with Crippen LogP contribution in [0.4, 0.5) is 4.79 Å². The number of nitrogens with zero attached hydrogens (tertiary/aromatic N) is 2. The largest absolute Gasteiger partial charge is 0.463 e. The molecule has 7 nitrogen and oxygen atoms in total. The second-order valence-corrected chi connectivity index (χ2v) is 6.78. The number of amides is 2. The van der Waals surface area contributed by atoms with Crippen LogP contribution in [0.15, 0.2) is 40.6 Å². The summed E-state index contributed by atoms with van der Waals surface area (Å²) in [5.41, 5.74) is 1.85. The molecule has 1 atom stereocenters. The van der Waals surface area contributed by atoms with Crippen LogP contribution in [0.3, 0.4) is 0 Å². The molecule has 0 radical (unpaired) electrons. The molecule has 26 heavy (non-hydrogen) atoms. The molecule has 0 spiro atoms. The van der Waals surface area contributed by atoms with Crippen LogP contribution in [0.2, 0.25) is 0 Å². The van der Waals surface area contributed by atoms with Gasteiger partial charge in [-0.05, 0) is 26.8 Å². The predicted molar refractivity (Wildman–Crippen MR) is 99.8 cm³/mol. The van der Waals surface area contributed by atoms with Gasteiger partial charge in [0.05, 0.1) is 23.7 Å². The molecule has 1 aliphatic rings. The molecule has 136 valence electrons. The van der Waals surface area contributed by atoms with Gasteiger partial charge in [0.1, 0.15) is 10.9 Å². The molecule has 0 saturated carbocycles. The van der Waals surface area contributed by atoms with E-state index in [0.717, 1.165) is 15.9 Å². The molecule has 0 bridgehead atoms. The van der Waals surface area contributed by atoms with E-state index in [9.17, 15) is 9.59 Å². The average molecular weight is 372 g/mol. The molecule has 0 fully saturated rings. The highest BCUT2D eigenvalue weighted by Gasteiger charge is 2.29. The molecule has 1 unspecified atom stereocenters. The van der Waals surface area contributed by atoms with Gasteiger partial charge >= 0.3 is 12.0 Å².